The van der Waals surface area contributed by atoms with Gasteiger partial charge in [-0.3, -0.25) is 9.36 Å². The molecule has 0 aliphatic rings. The van der Waals surface area contributed by atoms with Gasteiger partial charge in [-0.2, -0.15) is 0 Å². The topological polar surface area (TPSA) is 108 Å². The Morgan fingerprint density at radius 2 is 0.961 bits per heavy atom. The average Bonchev–Trinajstić information content (AvgIpc) is 3.07. The molecule has 9 heteroatoms. The van der Waals surface area contributed by atoms with E-state index in [-0.39, 0.29) is 19.1 Å². The van der Waals surface area contributed by atoms with Crippen molar-refractivity contribution in [3.8, 4) is 0 Å². The molecule has 0 radical (unpaired) electrons. The number of phosphoric ester groups is 1. The van der Waals surface area contributed by atoms with Crippen LogP contribution in [0.25, 0.3) is 0 Å². The van der Waals surface area contributed by atoms with Gasteiger partial charge in [-0.05, 0) is 12.8 Å². The van der Waals surface area contributed by atoms with Gasteiger partial charge in [0.2, 0.25) is 5.91 Å². The third-order valence-electron chi connectivity index (χ3n) is 10.1. The number of unbranched alkanes of at least 4 members (excludes halogenated alkanes) is 27. The second-order valence-electron chi connectivity index (χ2n) is 16.4. The quantitative estimate of drug-likeness (QED) is 0.0367. The van der Waals surface area contributed by atoms with Crippen LogP contribution in [-0.4, -0.2) is 68.5 Å². The fourth-order valence-electron chi connectivity index (χ4n) is 6.57. The summed E-state index contributed by atoms with van der Waals surface area (Å²) in [6, 6.07) is -0.791. The highest BCUT2D eigenvalue weighted by Gasteiger charge is 2.24. The number of hydrogen-bond donors (Lipinski definition) is 2. The van der Waals surface area contributed by atoms with Crippen molar-refractivity contribution in [2.24, 2.45) is 0 Å². The van der Waals surface area contributed by atoms with E-state index < -0.39 is 20.0 Å². The summed E-state index contributed by atoms with van der Waals surface area (Å²) < 4.78 is 23.2. The summed E-state index contributed by atoms with van der Waals surface area (Å²) in [6.07, 6.45) is 36.8. The molecule has 0 heterocycles. The molecule has 3 unspecified atom stereocenters. The molecule has 0 aromatic rings. The van der Waals surface area contributed by atoms with Gasteiger partial charge in [-0.25, -0.2) is 0 Å². The van der Waals surface area contributed by atoms with E-state index in [1.807, 2.05) is 21.1 Å². The smallest absolute Gasteiger partial charge is 0.268 e. The second kappa shape index (κ2) is 35.2. The number of aliphatic hydroxyl groups is 1. The molecule has 51 heavy (non-hydrogen) atoms. The third-order valence-corrected chi connectivity index (χ3v) is 11.1. The molecule has 0 rings (SSSR count). The molecule has 1 amide bonds. The van der Waals surface area contributed by atoms with Crippen LogP contribution >= 0.6 is 7.82 Å². The van der Waals surface area contributed by atoms with Gasteiger partial charge in [0.25, 0.3) is 7.82 Å². The molecule has 0 aliphatic heterocycles. The molecule has 0 aromatic carbocycles. The lowest BCUT2D eigenvalue weighted by Gasteiger charge is -2.30. The standard InChI is InChI=1S/C42H87N2O6P/c1-6-8-10-12-14-16-17-18-19-20-21-22-23-24-25-26-28-30-32-34-36-42(46)43-40(39-50-51(47,48)49-38-37-44(3,4)5)41(45)35-33-31-29-27-15-13-11-9-7-2/h40-41,45H,6-39H2,1-5H3,(H-,43,46,47,48). The Hall–Kier alpha value is -0.500. The third kappa shape index (κ3) is 37.6. The summed E-state index contributed by atoms with van der Waals surface area (Å²) >= 11 is 0. The molecule has 2 N–H and O–H groups in total. The minimum absolute atomic E-state index is 0.0156. The summed E-state index contributed by atoms with van der Waals surface area (Å²) in [6.45, 7) is 4.71. The van der Waals surface area contributed by atoms with Crippen molar-refractivity contribution < 1.29 is 32.9 Å². The van der Waals surface area contributed by atoms with Crippen molar-refractivity contribution in [3.63, 3.8) is 0 Å². The Morgan fingerprint density at radius 3 is 1.33 bits per heavy atom. The van der Waals surface area contributed by atoms with Gasteiger partial charge in [0.15, 0.2) is 0 Å². The molecule has 8 nitrogen and oxygen atoms in total. The Morgan fingerprint density at radius 1 is 0.608 bits per heavy atom. The predicted molar refractivity (Wildman–Crippen MR) is 215 cm³/mol. The number of rotatable bonds is 40. The van der Waals surface area contributed by atoms with Crippen LogP contribution in [0.2, 0.25) is 0 Å². The number of amides is 1. The lowest BCUT2D eigenvalue weighted by atomic mass is 10.0. The predicted octanol–water partition coefficient (Wildman–Crippen LogP) is 11.2. The average molecular weight is 747 g/mol. The fourth-order valence-corrected chi connectivity index (χ4v) is 7.29. The Bertz CT molecular complexity index is 809. The number of quaternary nitrogens is 1. The number of nitrogens with one attached hydrogen (secondary N) is 1. The minimum atomic E-state index is -4.55. The number of likely N-dealkylation sites (N-methyl/N-ethyl adjacent to an activating group) is 1. The van der Waals surface area contributed by atoms with E-state index in [1.54, 1.807) is 0 Å². The number of nitrogens with zero attached hydrogens (tertiary/aromatic N) is 1. The van der Waals surface area contributed by atoms with Gasteiger partial charge >= 0.3 is 0 Å². The number of carbonyl (C=O) groups excluding carboxylic acids is 1. The highest BCUT2D eigenvalue weighted by Crippen LogP contribution is 2.38. The summed E-state index contributed by atoms with van der Waals surface area (Å²) in [5.74, 6) is -0.163. The summed E-state index contributed by atoms with van der Waals surface area (Å²) in [7, 11) is 1.31. The maximum atomic E-state index is 12.8. The normalized spacial score (nSPS) is 14.4. The molecule has 0 saturated carbocycles. The lowest BCUT2D eigenvalue weighted by molar-refractivity contribution is -0.870. The van der Waals surface area contributed by atoms with Crippen LogP contribution in [0.1, 0.15) is 213 Å². The van der Waals surface area contributed by atoms with E-state index in [9.17, 15) is 19.4 Å². The van der Waals surface area contributed by atoms with Crippen molar-refractivity contribution in [1.82, 2.24) is 5.32 Å². The first-order valence-electron chi connectivity index (χ1n) is 21.9. The van der Waals surface area contributed by atoms with Crippen LogP contribution in [0, 0.1) is 0 Å². The fraction of sp³-hybridized carbons (Fsp3) is 0.976. The zero-order chi connectivity index (χ0) is 37.9. The molecule has 0 aromatic heterocycles. The number of aliphatic hydroxyl groups excluding tert-OH is 1. The summed E-state index contributed by atoms with van der Waals surface area (Å²) in [5, 5.41) is 13.8. The van der Waals surface area contributed by atoms with E-state index in [1.165, 1.54) is 148 Å². The van der Waals surface area contributed by atoms with Crippen molar-refractivity contribution in [1.29, 1.82) is 0 Å². The summed E-state index contributed by atoms with van der Waals surface area (Å²) in [5.41, 5.74) is 0. The van der Waals surface area contributed by atoms with Gasteiger partial charge in [-0.1, -0.05) is 194 Å². The SMILES string of the molecule is CCCCCCCCCCCCCCCCCCCCCCC(=O)NC(COP(=O)([O-])OCC[N+](C)(C)C)C(O)CCCCCCCCCCC. The molecule has 0 fully saturated rings. The van der Waals surface area contributed by atoms with Crippen molar-refractivity contribution in [2.45, 2.75) is 225 Å². The van der Waals surface area contributed by atoms with Crippen LogP contribution in [0.4, 0.5) is 0 Å². The van der Waals surface area contributed by atoms with Gasteiger partial charge in [0.1, 0.15) is 13.2 Å². The van der Waals surface area contributed by atoms with Gasteiger partial charge in [0, 0.05) is 6.42 Å². The zero-order valence-corrected chi connectivity index (χ0v) is 35.5. The van der Waals surface area contributed by atoms with E-state index in [4.69, 9.17) is 9.05 Å². The van der Waals surface area contributed by atoms with Crippen LogP contribution < -0.4 is 10.2 Å². The molecule has 0 aliphatic carbocycles. The van der Waals surface area contributed by atoms with E-state index >= 15 is 0 Å². The maximum absolute atomic E-state index is 12.8. The molecule has 306 valence electrons. The van der Waals surface area contributed by atoms with E-state index in [2.05, 4.69) is 19.2 Å². The molecule has 0 saturated heterocycles. The monoisotopic (exact) mass is 747 g/mol. The van der Waals surface area contributed by atoms with Crippen molar-refractivity contribution >= 4 is 13.7 Å². The van der Waals surface area contributed by atoms with Crippen molar-refractivity contribution in [3.05, 3.63) is 0 Å². The highest BCUT2D eigenvalue weighted by atomic mass is 31.2. The maximum Gasteiger partial charge on any atom is 0.268 e. The number of phosphoric acid groups is 1. The van der Waals surface area contributed by atoms with Gasteiger partial charge in [0.05, 0.1) is 39.9 Å². The lowest BCUT2D eigenvalue weighted by Crippen LogP contribution is -2.46. The molecular formula is C42H87N2O6P. The van der Waals surface area contributed by atoms with Crippen LogP contribution in [-0.2, 0) is 18.4 Å². The zero-order valence-electron chi connectivity index (χ0n) is 34.6. The number of carbonyl (C=O) groups is 1. The number of hydrogen-bond acceptors (Lipinski definition) is 6. The first-order chi connectivity index (χ1) is 24.5. The molecule has 0 bridgehead atoms. The molecular weight excluding hydrogens is 659 g/mol. The highest BCUT2D eigenvalue weighted by molar-refractivity contribution is 7.45. The molecule has 0 spiro atoms. The van der Waals surface area contributed by atoms with Crippen molar-refractivity contribution in [2.75, 3.05) is 40.9 Å². The Kier molecular flexibility index (Phi) is 34.9. The van der Waals surface area contributed by atoms with E-state index in [0.29, 0.717) is 23.9 Å². The van der Waals surface area contributed by atoms with Crippen LogP contribution in [0.3, 0.4) is 0 Å². The first-order valence-corrected chi connectivity index (χ1v) is 23.3. The van der Waals surface area contributed by atoms with Gasteiger partial charge < -0.3 is 28.8 Å². The van der Waals surface area contributed by atoms with Gasteiger partial charge in [-0.15, -0.1) is 0 Å². The summed E-state index contributed by atoms with van der Waals surface area (Å²) in [4.78, 5) is 25.2. The van der Waals surface area contributed by atoms with Crippen LogP contribution in [0.5, 0.6) is 0 Å². The second-order valence-corrected chi connectivity index (χ2v) is 17.8. The van der Waals surface area contributed by atoms with Crippen LogP contribution in [0.15, 0.2) is 0 Å². The van der Waals surface area contributed by atoms with E-state index in [0.717, 1.165) is 38.5 Å². The Balaban J connectivity index is 4.19. The first kappa shape index (κ1) is 50.5. The minimum Gasteiger partial charge on any atom is -0.756 e. The Labute approximate surface area is 317 Å². The molecule has 3 atom stereocenters. The largest absolute Gasteiger partial charge is 0.756 e.